The molecule has 0 unspecified atom stereocenters. The maximum Gasteiger partial charge on any atom is 0.136 e. The van der Waals surface area contributed by atoms with E-state index in [-0.39, 0.29) is 0 Å². The van der Waals surface area contributed by atoms with E-state index >= 15 is 0 Å². The lowest BCUT2D eigenvalue weighted by Gasteiger charge is -1.93. The van der Waals surface area contributed by atoms with E-state index in [2.05, 4.69) is 4.98 Å². The minimum Gasteiger partial charge on any atom is -0.327 e. The molecule has 0 atom stereocenters. The largest absolute Gasteiger partial charge is 0.327 e. The predicted molar refractivity (Wildman–Crippen MR) is 47.3 cm³/mol. The number of rotatable bonds is 2. The molecule has 0 amide bonds. The summed E-state index contributed by atoms with van der Waals surface area (Å²) in [5.41, 5.74) is 6.18. The van der Waals surface area contributed by atoms with Gasteiger partial charge in [0.1, 0.15) is 5.15 Å². The standard InChI is InChI=1S/C8H9ClN2/c9-8-7(3-1-5-10)4-2-6-11-8/h1-4,6H,5,10H2/b3-1+. The molecule has 1 aromatic heterocycles. The maximum absolute atomic E-state index is 5.76. The molecule has 0 aliphatic rings. The van der Waals surface area contributed by atoms with Gasteiger partial charge in [0.2, 0.25) is 0 Å². The van der Waals surface area contributed by atoms with Gasteiger partial charge in [-0.15, -0.1) is 0 Å². The van der Waals surface area contributed by atoms with Gasteiger partial charge in [-0.1, -0.05) is 29.8 Å². The molecule has 0 bridgehead atoms. The Balaban J connectivity index is 2.86. The first-order chi connectivity index (χ1) is 5.34. The Morgan fingerprint density at radius 2 is 2.45 bits per heavy atom. The van der Waals surface area contributed by atoms with Crippen molar-refractivity contribution in [1.82, 2.24) is 4.98 Å². The van der Waals surface area contributed by atoms with Gasteiger partial charge < -0.3 is 5.73 Å². The van der Waals surface area contributed by atoms with E-state index in [1.54, 1.807) is 6.20 Å². The zero-order valence-electron chi connectivity index (χ0n) is 6.00. The summed E-state index contributed by atoms with van der Waals surface area (Å²) in [6.07, 6.45) is 5.35. The van der Waals surface area contributed by atoms with Gasteiger partial charge >= 0.3 is 0 Å². The Morgan fingerprint density at radius 3 is 3.09 bits per heavy atom. The molecule has 0 spiro atoms. The number of hydrogen-bond donors (Lipinski definition) is 1. The molecule has 0 saturated heterocycles. The lowest BCUT2D eigenvalue weighted by Crippen LogP contribution is -1.92. The molecule has 2 nitrogen and oxygen atoms in total. The Morgan fingerprint density at radius 1 is 1.64 bits per heavy atom. The maximum atomic E-state index is 5.76. The normalized spacial score (nSPS) is 10.7. The van der Waals surface area contributed by atoms with Crippen LogP contribution in [0.2, 0.25) is 5.15 Å². The highest BCUT2D eigenvalue weighted by atomic mass is 35.5. The van der Waals surface area contributed by atoms with Crippen LogP contribution in [0.25, 0.3) is 6.08 Å². The average molecular weight is 169 g/mol. The summed E-state index contributed by atoms with van der Waals surface area (Å²) in [5.74, 6) is 0. The van der Waals surface area contributed by atoms with Crippen molar-refractivity contribution in [2.45, 2.75) is 0 Å². The van der Waals surface area contributed by atoms with Crippen LogP contribution in [0.4, 0.5) is 0 Å². The van der Waals surface area contributed by atoms with E-state index in [0.29, 0.717) is 11.7 Å². The first-order valence-corrected chi connectivity index (χ1v) is 3.69. The Bertz CT molecular complexity index is 258. The first-order valence-electron chi connectivity index (χ1n) is 3.31. The molecule has 3 heteroatoms. The van der Waals surface area contributed by atoms with E-state index in [4.69, 9.17) is 17.3 Å². The van der Waals surface area contributed by atoms with Crippen LogP contribution in [0.15, 0.2) is 24.4 Å². The van der Waals surface area contributed by atoms with Crippen LogP contribution >= 0.6 is 11.6 Å². The Hall–Kier alpha value is -0.860. The summed E-state index contributed by atoms with van der Waals surface area (Å²) >= 11 is 5.76. The molecule has 2 N–H and O–H groups in total. The van der Waals surface area contributed by atoms with Crippen LogP contribution in [-0.4, -0.2) is 11.5 Å². The van der Waals surface area contributed by atoms with Crippen LogP contribution in [0.5, 0.6) is 0 Å². The highest BCUT2D eigenvalue weighted by molar-refractivity contribution is 6.30. The zero-order chi connectivity index (χ0) is 8.10. The summed E-state index contributed by atoms with van der Waals surface area (Å²) in [4.78, 5) is 3.91. The van der Waals surface area contributed by atoms with Crippen molar-refractivity contribution in [1.29, 1.82) is 0 Å². The molecule has 1 aromatic rings. The second-order valence-corrected chi connectivity index (χ2v) is 2.38. The number of pyridine rings is 1. The van der Waals surface area contributed by atoms with Crippen LogP contribution in [0.1, 0.15) is 5.56 Å². The smallest absolute Gasteiger partial charge is 0.136 e. The summed E-state index contributed by atoms with van der Waals surface area (Å²) in [7, 11) is 0. The van der Waals surface area contributed by atoms with Gasteiger partial charge in [0, 0.05) is 18.3 Å². The number of halogens is 1. The van der Waals surface area contributed by atoms with Gasteiger partial charge in [0.15, 0.2) is 0 Å². The first kappa shape index (κ1) is 8.24. The van der Waals surface area contributed by atoms with Crippen LogP contribution in [0.3, 0.4) is 0 Å². The van der Waals surface area contributed by atoms with Crippen molar-refractivity contribution in [3.8, 4) is 0 Å². The second kappa shape index (κ2) is 4.11. The molecule has 1 rings (SSSR count). The number of nitrogens with zero attached hydrogens (tertiary/aromatic N) is 1. The van der Waals surface area contributed by atoms with Gasteiger partial charge in [0.05, 0.1) is 0 Å². The fourth-order valence-corrected chi connectivity index (χ4v) is 0.900. The third-order valence-corrected chi connectivity index (χ3v) is 1.54. The van der Waals surface area contributed by atoms with Crippen molar-refractivity contribution < 1.29 is 0 Å². The molecule has 11 heavy (non-hydrogen) atoms. The Labute approximate surface area is 70.7 Å². The summed E-state index contributed by atoms with van der Waals surface area (Å²) in [6, 6.07) is 3.73. The summed E-state index contributed by atoms with van der Waals surface area (Å²) in [6.45, 7) is 0.519. The fraction of sp³-hybridized carbons (Fsp3) is 0.125. The number of aromatic nitrogens is 1. The zero-order valence-corrected chi connectivity index (χ0v) is 6.75. The minimum absolute atomic E-state index is 0.511. The lowest BCUT2D eigenvalue weighted by atomic mass is 10.2. The highest BCUT2D eigenvalue weighted by Gasteiger charge is 1.92. The highest BCUT2D eigenvalue weighted by Crippen LogP contribution is 2.12. The molecule has 0 fully saturated rings. The quantitative estimate of drug-likeness (QED) is 0.683. The molecule has 0 radical (unpaired) electrons. The molecule has 0 aromatic carbocycles. The molecular weight excluding hydrogens is 160 g/mol. The average Bonchev–Trinajstić information content (AvgIpc) is 2.03. The van der Waals surface area contributed by atoms with Crippen LogP contribution in [0, 0.1) is 0 Å². The SMILES string of the molecule is NC/C=C/c1cccnc1Cl. The van der Waals surface area contributed by atoms with Gasteiger partial charge in [-0.3, -0.25) is 0 Å². The molecule has 58 valence electrons. The predicted octanol–water partition coefficient (Wildman–Crippen LogP) is 1.71. The molecule has 0 aliphatic carbocycles. The van der Waals surface area contributed by atoms with E-state index < -0.39 is 0 Å². The van der Waals surface area contributed by atoms with Crippen molar-refractivity contribution >= 4 is 17.7 Å². The molecular formula is C8H9ClN2. The fourth-order valence-electron chi connectivity index (χ4n) is 0.718. The monoisotopic (exact) mass is 168 g/mol. The van der Waals surface area contributed by atoms with Gasteiger partial charge in [-0.25, -0.2) is 4.98 Å². The third-order valence-electron chi connectivity index (χ3n) is 1.22. The van der Waals surface area contributed by atoms with Crippen LogP contribution in [-0.2, 0) is 0 Å². The second-order valence-electron chi connectivity index (χ2n) is 2.02. The van der Waals surface area contributed by atoms with Crippen molar-refractivity contribution in [3.05, 3.63) is 35.1 Å². The van der Waals surface area contributed by atoms with E-state index in [1.165, 1.54) is 0 Å². The van der Waals surface area contributed by atoms with Crippen molar-refractivity contribution in [2.75, 3.05) is 6.54 Å². The summed E-state index contributed by atoms with van der Waals surface area (Å²) in [5, 5.41) is 0.511. The lowest BCUT2D eigenvalue weighted by molar-refractivity contribution is 1.26. The number of hydrogen-bond acceptors (Lipinski definition) is 2. The molecule has 0 saturated carbocycles. The van der Waals surface area contributed by atoms with Gasteiger partial charge in [-0.05, 0) is 6.07 Å². The van der Waals surface area contributed by atoms with Crippen LogP contribution < -0.4 is 5.73 Å². The molecule has 0 aliphatic heterocycles. The van der Waals surface area contributed by atoms with Crippen molar-refractivity contribution in [2.24, 2.45) is 5.73 Å². The van der Waals surface area contributed by atoms with E-state index in [1.807, 2.05) is 24.3 Å². The topological polar surface area (TPSA) is 38.9 Å². The van der Waals surface area contributed by atoms with Gasteiger partial charge in [0.25, 0.3) is 0 Å². The van der Waals surface area contributed by atoms with Gasteiger partial charge in [-0.2, -0.15) is 0 Å². The van der Waals surface area contributed by atoms with E-state index in [0.717, 1.165) is 5.56 Å². The summed E-state index contributed by atoms with van der Waals surface area (Å²) < 4.78 is 0. The molecule has 1 heterocycles. The third kappa shape index (κ3) is 2.33. The number of nitrogens with two attached hydrogens (primary N) is 1. The van der Waals surface area contributed by atoms with Crippen molar-refractivity contribution in [3.63, 3.8) is 0 Å². The Kier molecular flexibility index (Phi) is 3.08. The minimum atomic E-state index is 0.511. The van der Waals surface area contributed by atoms with E-state index in [9.17, 15) is 0 Å².